The zero-order chi connectivity index (χ0) is 25.8. The Morgan fingerprint density at radius 1 is 0.615 bits per heavy atom. The normalized spacial score (nSPS) is 14.6. The molecule has 3 heterocycles. The molecule has 0 fully saturated rings. The van der Waals surface area contributed by atoms with E-state index in [1.807, 2.05) is 0 Å². The number of rotatable bonds is 3. The van der Waals surface area contributed by atoms with Crippen molar-refractivity contribution in [2.75, 3.05) is 4.90 Å². The number of hydrogen-bond acceptors (Lipinski definition) is 2. The first kappa shape index (κ1) is 22.4. The molecule has 2 nitrogen and oxygen atoms in total. The predicted octanol–water partition coefficient (Wildman–Crippen LogP) is 10.3. The summed E-state index contributed by atoms with van der Waals surface area (Å²) in [6, 6.07) is 37.6. The molecular weight excluding hydrogens is 492 g/mol. The van der Waals surface area contributed by atoms with Crippen molar-refractivity contribution in [3.05, 3.63) is 144 Å². The quantitative estimate of drug-likeness (QED) is 0.226. The van der Waals surface area contributed by atoms with E-state index in [1.54, 1.807) is 11.3 Å². The molecule has 0 N–H and O–H groups in total. The van der Waals surface area contributed by atoms with Gasteiger partial charge in [-0.15, -0.1) is 11.3 Å². The molecule has 0 radical (unpaired) electrons. The van der Waals surface area contributed by atoms with Gasteiger partial charge in [0.1, 0.15) is 4.83 Å². The molecule has 1 aliphatic heterocycles. The predicted molar refractivity (Wildman–Crippen MR) is 167 cm³/mol. The molecule has 4 aromatic carbocycles. The summed E-state index contributed by atoms with van der Waals surface area (Å²) in [6.07, 6.45) is 11.2. The smallest absolute Gasteiger partial charge is 0.108 e. The molecule has 3 heteroatoms. The van der Waals surface area contributed by atoms with Crippen LogP contribution in [0.3, 0.4) is 0 Å². The first-order valence-corrected chi connectivity index (χ1v) is 14.4. The van der Waals surface area contributed by atoms with Gasteiger partial charge >= 0.3 is 0 Å². The van der Waals surface area contributed by atoms with Gasteiger partial charge in [-0.05, 0) is 82.9 Å². The van der Waals surface area contributed by atoms with Crippen LogP contribution in [0.2, 0.25) is 0 Å². The molecule has 1 aliphatic carbocycles. The summed E-state index contributed by atoms with van der Waals surface area (Å²) in [6.45, 7) is 0. The second-order valence-corrected chi connectivity index (χ2v) is 11.1. The fraction of sp³-hybridized carbons (Fsp3) is 0.0556. The van der Waals surface area contributed by atoms with Crippen molar-refractivity contribution in [1.82, 2.24) is 4.57 Å². The Balaban J connectivity index is 1.16. The van der Waals surface area contributed by atoms with Gasteiger partial charge in [-0.3, -0.25) is 0 Å². The van der Waals surface area contributed by atoms with E-state index in [0.717, 1.165) is 12.8 Å². The summed E-state index contributed by atoms with van der Waals surface area (Å²) in [7, 11) is 0. The fourth-order valence-corrected chi connectivity index (χ4v) is 7.01. The number of aromatic nitrogens is 1. The first-order chi connectivity index (χ1) is 19.3. The molecule has 2 aliphatic rings. The van der Waals surface area contributed by atoms with Crippen molar-refractivity contribution in [2.45, 2.75) is 12.8 Å². The van der Waals surface area contributed by atoms with Gasteiger partial charge in [0.25, 0.3) is 0 Å². The van der Waals surface area contributed by atoms with E-state index in [-0.39, 0.29) is 0 Å². The number of hydrogen-bond donors (Lipinski definition) is 0. The van der Waals surface area contributed by atoms with Gasteiger partial charge in [0.05, 0.1) is 11.2 Å². The van der Waals surface area contributed by atoms with Gasteiger partial charge < -0.3 is 9.47 Å². The Hall–Kier alpha value is -4.60. The van der Waals surface area contributed by atoms with E-state index in [0.29, 0.717) is 0 Å². The van der Waals surface area contributed by atoms with Crippen LogP contribution in [-0.2, 0) is 0 Å². The van der Waals surface area contributed by atoms with E-state index >= 15 is 0 Å². The fourth-order valence-electron chi connectivity index (χ4n) is 6.06. The Morgan fingerprint density at radius 3 is 2.21 bits per heavy atom. The van der Waals surface area contributed by atoms with Crippen LogP contribution in [0.4, 0.5) is 11.4 Å². The highest BCUT2D eigenvalue weighted by molar-refractivity contribution is 7.17. The lowest BCUT2D eigenvalue weighted by atomic mass is 10.0. The minimum Gasteiger partial charge on any atom is -0.313 e. The summed E-state index contributed by atoms with van der Waals surface area (Å²) >= 11 is 1.80. The second kappa shape index (κ2) is 9.00. The minimum absolute atomic E-state index is 1.04. The SMILES string of the molecule is C1=CC2=C(CC1)N(c1ccc(-c3ccc(-n4c5ccccc5c5ccsc54)cc3)cc1)c1ccccc1C=C2. The van der Waals surface area contributed by atoms with Crippen LogP contribution in [0, 0.1) is 0 Å². The topological polar surface area (TPSA) is 8.17 Å². The molecule has 0 saturated carbocycles. The van der Waals surface area contributed by atoms with E-state index in [9.17, 15) is 0 Å². The maximum atomic E-state index is 2.45. The highest BCUT2D eigenvalue weighted by Crippen LogP contribution is 2.41. The monoisotopic (exact) mass is 518 g/mol. The van der Waals surface area contributed by atoms with Crippen LogP contribution in [0.1, 0.15) is 18.4 Å². The number of benzene rings is 4. The minimum atomic E-state index is 1.04. The van der Waals surface area contributed by atoms with Crippen molar-refractivity contribution < 1.29 is 0 Å². The molecule has 0 saturated heterocycles. The third kappa shape index (κ3) is 3.62. The van der Waals surface area contributed by atoms with Crippen molar-refractivity contribution in [3.8, 4) is 16.8 Å². The number of allylic oxidation sites excluding steroid dienone is 5. The molecule has 39 heavy (non-hydrogen) atoms. The van der Waals surface area contributed by atoms with Crippen molar-refractivity contribution in [3.63, 3.8) is 0 Å². The summed E-state index contributed by atoms with van der Waals surface area (Å²) in [5, 5.41) is 4.82. The van der Waals surface area contributed by atoms with Crippen molar-refractivity contribution in [1.29, 1.82) is 0 Å². The largest absolute Gasteiger partial charge is 0.313 e. The Kier molecular flexibility index (Phi) is 5.17. The van der Waals surface area contributed by atoms with E-state index < -0.39 is 0 Å². The number of nitrogens with zero attached hydrogens (tertiary/aromatic N) is 2. The third-order valence-corrected chi connectivity index (χ3v) is 8.83. The Morgan fingerprint density at radius 2 is 1.36 bits per heavy atom. The Bertz CT molecular complexity index is 1950. The first-order valence-electron chi connectivity index (χ1n) is 13.5. The van der Waals surface area contributed by atoms with Crippen LogP contribution >= 0.6 is 11.3 Å². The maximum absolute atomic E-state index is 2.45. The maximum Gasteiger partial charge on any atom is 0.108 e. The number of para-hydroxylation sites is 2. The average Bonchev–Trinajstić information content (AvgIpc) is 3.54. The molecule has 0 atom stereocenters. The van der Waals surface area contributed by atoms with Crippen LogP contribution < -0.4 is 4.90 Å². The zero-order valence-electron chi connectivity index (χ0n) is 21.4. The lowest BCUT2D eigenvalue weighted by molar-refractivity contribution is 0.907. The van der Waals surface area contributed by atoms with E-state index in [2.05, 4.69) is 142 Å². The van der Waals surface area contributed by atoms with Crippen LogP contribution in [-0.4, -0.2) is 4.57 Å². The van der Waals surface area contributed by atoms with Gasteiger partial charge in [0, 0.05) is 27.8 Å². The van der Waals surface area contributed by atoms with E-state index in [4.69, 9.17) is 0 Å². The lowest BCUT2D eigenvalue weighted by Crippen LogP contribution is -2.19. The van der Waals surface area contributed by atoms with Crippen LogP contribution in [0.25, 0.3) is 44.0 Å². The van der Waals surface area contributed by atoms with Gasteiger partial charge in [-0.2, -0.15) is 0 Å². The molecule has 0 amide bonds. The van der Waals surface area contributed by atoms with Crippen molar-refractivity contribution >= 4 is 49.9 Å². The highest BCUT2D eigenvalue weighted by Gasteiger charge is 2.22. The summed E-state index contributed by atoms with van der Waals surface area (Å²) < 4.78 is 2.39. The second-order valence-electron chi connectivity index (χ2n) is 10.2. The molecular formula is C36H26N2S. The third-order valence-electron chi connectivity index (χ3n) is 7.94. The summed E-state index contributed by atoms with van der Waals surface area (Å²) in [4.78, 5) is 3.75. The van der Waals surface area contributed by atoms with Gasteiger partial charge in [0.15, 0.2) is 0 Å². The molecule has 0 spiro atoms. The number of fused-ring (bicyclic) bond motifs is 4. The molecule has 6 aromatic rings. The molecule has 0 unspecified atom stereocenters. The molecule has 2 aromatic heterocycles. The van der Waals surface area contributed by atoms with Crippen LogP contribution in [0.15, 0.2) is 138 Å². The van der Waals surface area contributed by atoms with Gasteiger partial charge in [-0.1, -0.05) is 85.0 Å². The summed E-state index contributed by atoms with van der Waals surface area (Å²) in [5.41, 5.74) is 11.3. The molecule has 0 bridgehead atoms. The number of thiophene rings is 1. The summed E-state index contributed by atoms with van der Waals surface area (Å²) in [5.74, 6) is 0. The number of anilines is 2. The van der Waals surface area contributed by atoms with E-state index in [1.165, 1.54) is 66.1 Å². The Labute approximate surface area is 232 Å². The molecule has 186 valence electrons. The molecule has 8 rings (SSSR count). The van der Waals surface area contributed by atoms with Crippen LogP contribution in [0.5, 0.6) is 0 Å². The highest BCUT2D eigenvalue weighted by atomic mass is 32.1. The average molecular weight is 519 g/mol. The lowest BCUT2D eigenvalue weighted by Gasteiger charge is -2.30. The standard InChI is InChI=1S/C36H26N2S/c1-4-10-33-27(7-1)13-14-28-8-2-5-11-34(28)37(33)29-19-15-25(16-20-29)26-17-21-30(22-18-26)38-35-12-6-3-9-31(35)32-23-24-39-36(32)38/h1-4,6-10,12-24H,5,11H2. The zero-order valence-corrected chi connectivity index (χ0v) is 22.2. The van der Waals surface area contributed by atoms with Crippen molar-refractivity contribution in [2.24, 2.45) is 0 Å². The van der Waals surface area contributed by atoms with Gasteiger partial charge in [0.2, 0.25) is 0 Å². The van der Waals surface area contributed by atoms with Gasteiger partial charge in [-0.25, -0.2) is 0 Å².